The third-order valence-corrected chi connectivity index (χ3v) is 3.00. The molecule has 0 aromatic carbocycles. The molecule has 84 valence electrons. The van der Waals surface area contributed by atoms with Gasteiger partial charge < -0.3 is 0 Å². The van der Waals surface area contributed by atoms with Gasteiger partial charge in [0.1, 0.15) is 0 Å². The highest BCUT2D eigenvalue weighted by atomic mass is 79.9. The summed E-state index contributed by atoms with van der Waals surface area (Å²) in [5.74, 6) is 1.16. The number of hydrogen-bond donors (Lipinski definition) is 0. The molecule has 0 aliphatic rings. The Labute approximate surface area is 108 Å². The van der Waals surface area contributed by atoms with Crippen LogP contribution in [0.25, 0.3) is 5.82 Å². The third-order valence-electron chi connectivity index (χ3n) is 2.21. The van der Waals surface area contributed by atoms with Gasteiger partial charge in [-0.05, 0) is 34.0 Å². The van der Waals surface area contributed by atoms with E-state index in [0.717, 1.165) is 16.0 Å². The fraction of sp³-hybridized carbons (Fsp3) is 0.273. The Morgan fingerprint density at radius 3 is 2.75 bits per heavy atom. The Morgan fingerprint density at radius 2 is 2.19 bits per heavy atom. The van der Waals surface area contributed by atoms with Gasteiger partial charge in [0.25, 0.3) is 0 Å². The topological polar surface area (TPSA) is 30.7 Å². The molecule has 0 aliphatic heterocycles. The Bertz CT molecular complexity index is 508. The number of pyridine rings is 1. The molecule has 2 aromatic rings. The van der Waals surface area contributed by atoms with Crippen LogP contribution in [0.3, 0.4) is 0 Å². The fourth-order valence-corrected chi connectivity index (χ4v) is 2.16. The highest BCUT2D eigenvalue weighted by Gasteiger charge is 2.08. The van der Waals surface area contributed by atoms with Gasteiger partial charge in [-0.1, -0.05) is 25.4 Å². The molecule has 0 fully saturated rings. The minimum Gasteiger partial charge on any atom is -0.235 e. The summed E-state index contributed by atoms with van der Waals surface area (Å²) in [6.45, 7) is 4.22. The summed E-state index contributed by atoms with van der Waals surface area (Å²) < 4.78 is 2.58. The number of aromatic nitrogens is 3. The van der Waals surface area contributed by atoms with Crippen molar-refractivity contribution in [3.05, 3.63) is 39.7 Å². The van der Waals surface area contributed by atoms with Crippen LogP contribution in [-0.2, 0) is 0 Å². The normalized spacial score (nSPS) is 11.1. The average Bonchev–Trinajstić information content (AvgIpc) is 2.66. The molecule has 5 heteroatoms. The highest BCUT2D eigenvalue weighted by molar-refractivity contribution is 9.10. The van der Waals surface area contributed by atoms with Crippen molar-refractivity contribution >= 4 is 27.5 Å². The standard InChI is InChI=1S/C11H11BrClN3/c1-7(2)10-3-4-16(15-10)11-9(12)5-8(13)6-14-11/h3-7H,1-2H3. The number of hydrogen-bond acceptors (Lipinski definition) is 2. The van der Waals surface area contributed by atoms with E-state index in [1.54, 1.807) is 16.9 Å². The van der Waals surface area contributed by atoms with Gasteiger partial charge in [0, 0.05) is 12.4 Å². The SMILES string of the molecule is CC(C)c1ccn(-c2ncc(Cl)cc2Br)n1. The Balaban J connectivity index is 2.42. The minimum absolute atomic E-state index is 0.410. The molecule has 0 spiro atoms. The van der Waals surface area contributed by atoms with Gasteiger partial charge in [0.15, 0.2) is 5.82 Å². The van der Waals surface area contributed by atoms with Crippen molar-refractivity contribution in [2.75, 3.05) is 0 Å². The van der Waals surface area contributed by atoms with Gasteiger partial charge in [-0.15, -0.1) is 0 Å². The summed E-state index contributed by atoms with van der Waals surface area (Å²) in [6, 6.07) is 3.80. The van der Waals surface area contributed by atoms with Crippen LogP contribution in [0.2, 0.25) is 5.02 Å². The quantitative estimate of drug-likeness (QED) is 0.844. The smallest absolute Gasteiger partial charge is 0.167 e. The van der Waals surface area contributed by atoms with Gasteiger partial charge in [0.2, 0.25) is 0 Å². The van der Waals surface area contributed by atoms with Crippen LogP contribution in [0.15, 0.2) is 29.0 Å². The molecule has 0 saturated heterocycles. The summed E-state index contributed by atoms with van der Waals surface area (Å²) >= 11 is 9.26. The maximum atomic E-state index is 5.84. The van der Waals surface area contributed by atoms with E-state index in [2.05, 4.69) is 39.9 Å². The van der Waals surface area contributed by atoms with E-state index in [4.69, 9.17) is 11.6 Å². The van der Waals surface area contributed by atoms with E-state index in [1.165, 1.54) is 0 Å². The first kappa shape index (κ1) is 11.6. The molecule has 0 unspecified atom stereocenters. The molecule has 2 heterocycles. The fourth-order valence-electron chi connectivity index (χ4n) is 1.34. The molecule has 0 atom stereocenters. The predicted molar refractivity (Wildman–Crippen MR) is 68.2 cm³/mol. The number of halogens is 2. The Hall–Kier alpha value is -0.870. The summed E-state index contributed by atoms with van der Waals surface area (Å²) in [7, 11) is 0. The van der Waals surface area contributed by atoms with Crippen LogP contribution in [0.1, 0.15) is 25.5 Å². The van der Waals surface area contributed by atoms with Crippen LogP contribution < -0.4 is 0 Å². The summed E-state index contributed by atoms with van der Waals surface area (Å²) in [4.78, 5) is 4.24. The second-order valence-corrected chi connectivity index (χ2v) is 5.09. The summed E-state index contributed by atoms with van der Waals surface area (Å²) in [5.41, 5.74) is 1.05. The molecular formula is C11H11BrClN3. The molecule has 3 nitrogen and oxygen atoms in total. The third kappa shape index (κ3) is 2.28. The lowest BCUT2D eigenvalue weighted by Crippen LogP contribution is -2.00. The van der Waals surface area contributed by atoms with Crippen molar-refractivity contribution in [3.8, 4) is 5.82 Å². The van der Waals surface area contributed by atoms with Crippen LogP contribution in [0.4, 0.5) is 0 Å². The average molecular weight is 301 g/mol. The zero-order valence-electron chi connectivity index (χ0n) is 8.98. The summed E-state index contributed by atoms with van der Waals surface area (Å²) in [6.07, 6.45) is 3.51. The van der Waals surface area contributed by atoms with Gasteiger partial charge in [-0.25, -0.2) is 9.67 Å². The maximum absolute atomic E-state index is 5.84. The van der Waals surface area contributed by atoms with Crippen LogP contribution in [0.5, 0.6) is 0 Å². The molecule has 0 radical (unpaired) electrons. The van der Waals surface area contributed by atoms with Crippen molar-refractivity contribution in [1.82, 2.24) is 14.8 Å². The van der Waals surface area contributed by atoms with Crippen molar-refractivity contribution in [3.63, 3.8) is 0 Å². The number of rotatable bonds is 2. The van der Waals surface area contributed by atoms with Crippen molar-refractivity contribution in [2.24, 2.45) is 0 Å². The second-order valence-electron chi connectivity index (χ2n) is 3.80. The lowest BCUT2D eigenvalue weighted by atomic mass is 10.1. The molecule has 0 saturated carbocycles. The molecule has 2 aromatic heterocycles. The highest BCUT2D eigenvalue weighted by Crippen LogP contribution is 2.22. The van der Waals surface area contributed by atoms with Crippen molar-refractivity contribution in [2.45, 2.75) is 19.8 Å². The zero-order chi connectivity index (χ0) is 11.7. The minimum atomic E-state index is 0.410. The van der Waals surface area contributed by atoms with Crippen LogP contribution in [-0.4, -0.2) is 14.8 Å². The van der Waals surface area contributed by atoms with Gasteiger partial charge in [0.05, 0.1) is 15.2 Å². The monoisotopic (exact) mass is 299 g/mol. The van der Waals surface area contributed by atoms with Crippen LogP contribution >= 0.6 is 27.5 Å². The maximum Gasteiger partial charge on any atom is 0.167 e. The molecular weight excluding hydrogens is 289 g/mol. The first-order valence-electron chi connectivity index (χ1n) is 4.95. The van der Waals surface area contributed by atoms with Crippen molar-refractivity contribution < 1.29 is 0 Å². The Kier molecular flexibility index (Phi) is 3.30. The van der Waals surface area contributed by atoms with E-state index in [0.29, 0.717) is 10.9 Å². The first-order valence-corrected chi connectivity index (χ1v) is 6.12. The van der Waals surface area contributed by atoms with Gasteiger partial charge >= 0.3 is 0 Å². The Morgan fingerprint density at radius 1 is 1.44 bits per heavy atom. The summed E-state index contributed by atoms with van der Waals surface area (Å²) in [5, 5.41) is 5.06. The molecule has 2 rings (SSSR count). The van der Waals surface area contributed by atoms with E-state index >= 15 is 0 Å². The predicted octanol–water partition coefficient (Wildman–Crippen LogP) is 3.81. The van der Waals surface area contributed by atoms with E-state index in [-0.39, 0.29) is 0 Å². The van der Waals surface area contributed by atoms with Crippen LogP contribution in [0, 0.1) is 0 Å². The van der Waals surface area contributed by atoms with Gasteiger partial charge in [-0.3, -0.25) is 0 Å². The van der Waals surface area contributed by atoms with E-state index < -0.39 is 0 Å². The van der Waals surface area contributed by atoms with Crippen molar-refractivity contribution in [1.29, 1.82) is 0 Å². The lowest BCUT2D eigenvalue weighted by molar-refractivity contribution is 0.756. The zero-order valence-corrected chi connectivity index (χ0v) is 11.3. The number of nitrogens with zero attached hydrogens (tertiary/aromatic N) is 3. The molecule has 0 aliphatic carbocycles. The lowest BCUT2D eigenvalue weighted by Gasteiger charge is -2.04. The molecule has 0 bridgehead atoms. The molecule has 16 heavy (non-hydrogen) atoms. The molecule has 0 amide bonds. The first-order chi connectivity index (χ1) is 7.58. The molecule has 0 N–H and O–H groups in total. The van der Waals surface area contributed by atoms with E-state index in [1.807, 2.05) is 12.3 Å². The largest absolute Gasteiger partial charge is 0.235 e. The second kappa shape index (κ2) is 4.55. The van der Waals surface area contributed by atoms with Gasteiger partial charge in [-0.2, -0.15) is 5.10 Å². The van der Waals surface area contributed by atoms with E-state index in [9.17, 15) is 0 Å².